The van der Waals surface area contributed by atoms with Gasteiger partial charge in [0.05, 0.1) is 5.56 Å². The number of hydrogen-bond acceptors (Lipinski definition) is 2. The van der Waals surface area contributed by atoms with Gasteiger partial charge in [-0.15, -0.1) is 0 Å². The van der Waals surface area contributed by atoms with Crippen molar-refractivity contribution in [2.75, 3.05) is 13.1 Å². The maximum atomic E-state index is 13.2. The highest BCUT2D eigenvalue weighted by atomic mass is 19.4. The van der Waals surface area contributed by atoms with E-state index in [2.05, 4.69) is 11.8 Å². The van der Waals surface area contributed by atoms with E-state index in [0.717, 1.165) is 38.3 Å². The van der Waals surface area contributed by atoms with Gasteiger partial charge in [0.15, 0.2) is 0 Å². The normalized spacial score (nSPS) is 22.2. The molecule has 2 nitrogen and oxygen atoms in total. The first-order chi connectivity index (χ1) is 9.99. The van der Waals surface area contributed by atoms with Crippen molar-refractivity contribution in [1.29, 1.82) is 0 Å². The van der Waals surface area contributed by atoms with Crippen LogP contribution in [0.3, 0.4) is 0 Å². The molecule has 0 aromatic heterocycles. The zero-order chi connectivity index (χ0) is 15.5. The Kier molecular flexibility index (Phi) is 5.27. The van der Waals surface area contributed by atoms with Crippen molar-refractivity contribution >= 4 is 0 Å². The van der Waals surface area contributed by atoms with Gasteiger partial charge in [0.1, 0.15) is 0 Å². The molecule has 21 heavy (non-hydrogen) atoms. The molecule has 2 unspecified atom stereocenters. The molecule has 5 heteroatoms. The fourth-order valence-electron chi connectivity index (χ4n) is 3.36. The SMILES string of the molecule is CCC1CCCCN1C(CN)c1ccccc1C(F)(F)F. The Morgan fingerprint density at radius 3 is 2.62 bits per heavy atom. The minimum Gasteiger partial charge on any atom is -0.329 e. The van der Waals surface area contributed by atoms with E-state index in [1.165, 1.54) is 6.07 Å². The van der Waals surface area contributed by atoms with E-state index in [0.29, 0.717) is 11.6 Å². The third kappa shape index (κ3) is 3.58. The van der Waals surface area contributed by atoms with Gasteiger partial charge >= 0.3 is 6.18 Å². The van der Waals surface area contributed by atoms with Gasteiger partial charge < -0.3 is 5.73 Å². The van der Waals surface area contributed by atoms with Gasteiger partial charge in [-0.1, -0.05) is 31.5 Å². The Hall–Kier alpha value is -1.07. The van der Waals surface area contributed by atoms with Crippen LogP contribution in [0.2, 0.25) is 0 Å². The molecule has 0 radical (unpaired) electrons. The number of benzene rings is 1. The Morgan fingerprint density at radius 1 is 1.29 bits per heavy atom. The number of rotatable bonds is 4. The van der Waals surface area contributed by atoms with Gasteiger partial charge in [-0.05, 0) is 37.4 Å². The summed E-state index contributed by atoms with van der Waals surface area (Å²) in [6.07, 6.45) is -0.165. The second-order valence-corrected chi connectivity index (χ2v) is 5.63. The Labute approximate surface area is 124 Å². The van der Waals surface area contributed by atoms with Crippen LogP contribution in [-0.4, -0.2) is 24.0 Å². The third-order valence-corrected chi connectivity index (χ3v) is 4.39. The van der Waals surface area contributed by atoms with Gasteiger partial charge in [0.2, 0.25) is 0 Å². The molecule has 2 rings (SSSR count). The van der Waals surface area contributed by atoms with Gasteiger partial charge in [-0.3, -0.25) is 4.90 Å². The first-order valence-electron chi connectivity index (χ1n) is 7.61. The minimum atomic E-state index is -4.33. The van der Waals surface area contributed by atoms with Crippen molar-refractivity contribution in [2.24, 2.45) is 5.73 Å². The van der Waals surface area contributed by atoms with Crippen molar-refractivity contribution in [3.8, 4) is 0 Å². The second kappa shape index (κ2) is 6.79. The van der Waals surface area contributed by atoms with Crippen LogP contribution in [-0.2, 0) is 6.18 Å². The molecule has 1 saturated heterocycles. The van der Waals surface area contributed by atoms with E-state index in [-0.39, 0.29) is 12.6 Å². The molecule has 2 atom stereocenters. The smallest absolute Gasteiger partial charge is 0.329 e. The molecule has 0 aliphatic carbocycles. The van der Waals surface area contributed by atoms with Crippen molar-refractivity contribution in [2.45, 2.75) is 50.9 Å². The fourth-order valence-corrected chi connectivity index (χ4v) is 3.36. The van der Waals surface area contributed by atoms with Crippen molar-refractivity contribution in [3.05, 3.63) is 35.4 Å². The monoisotopic (exact) mass is 300 g/mol. The van der Waals surface area contributed by atoms with Crippen molar-refractivity contribution < 1.29 is 13.2 Å². The number of nitrogens with two attached hydrogens (primary N) is 1. The van der Waals surface area contributed by atoms with E-state index in [9.17, 15) is 13.2 Å². The molecule has 2 N–H and O–H groups in total. The Bertz CT molecular complexity index is 459. The molecular weight excluding hydrogens is 277 g/mol. The van der Waals surface area contributed by atoms with Gasteiger partial charge in [-0.25, -0.2) is 0 Å². The molecule has 1 heterocycles. The van der Waals surface area contributed by atoms with Gasteiger partial charge in [0.25, 0.3) is 0 Å². The van der Waals surface area contributed by atoms with Crippen LogP contribution in [0.4, 0.5) is 13.2 Å². The van der Waals surface area contributed by atoms with Gasteiger partial charge in [-0.2, -0.15) is 13.2 Å². The molecular formula is C16H23F3N2. The summed E-state index contributed by atoms with van der Waals surface area (Å²) >= 11 is 0. The number of likely N-dealkylation sites (tertiary alicyclic amines) is 1. The third-order valence-electron chi connectivity index (χ3n) is 4.39. The lowest BCUT2D eigenvalue weighted by atomic mass is 9.92. The van der Waals surface area contributed by atoms with Crippen LogP contribution < -0.4 is 5.73 Å². The quantitative estimate of drug-likeness (QED) is 0.911. The van der Waals surface area contributed by atoms with Crippen LogP contribution >= 0.6 is 0 Å². The topological polar surface area (TPSA) is 29.3 Å². The number of hydrogen-bond donors (Lipinski definition) is 1. The van der Waals surface area contributed by atoms with E-state index >= 15 is 0 Å². The summed E-state index contributed by atoms with van der Waals surface area (Å²) in [5, 5.41) is 0. The number of alkyl halides is 3. The summed E-state index contributed by atoms with van der Waals surface area (Å²) in [7, 11) is 0. The van der Waals surface area contributed by atoms with Crippen LogP contribution in [0.5, 0.6) is 0 Å². The largest absolute Gasteiger partial charge is 0.416 e. The highest BCUT2D eigenvalue weighted by Gasteiger charge is 2.37. The molecule has 1 aliphatic heterocycles. The summed E-state index contributed by atoms with van der Waals surface area (Å²) in [6, 6.07) is 5.80. The molecule has 118 valence electrons. The van der Waals surface area contributed by atoms with E-state index in [1.807, 2.05) is 0 Å². The van der Waals surface area contributed by atoms with Crippen LogP contribution in [0.1, 0.15) is 49.8 Å². The number of nitrogens with zero attached hydrogens (tertiary/aromatic N) is 1. The van der Waals surface area contributed by atoms with E-state index in [4.69, 9.17) is 5.73 Å². The first kappa shape index (κ1) is 16.3. The average molecular weight is 300 g/mol. The highest BCUT2D eigenvalue weighted by molar-refractivity contribution is 5.33. The molecule has 1 fully saturated rings. The van der Waals surface area contributed by atoms with E-state index < -0.39 is 11.7 Å². The molecule has 0 amide bonds. The average Bonchev–Trinajstić information content (AvgIpc) is 2.48. The van der Waals surface area contributed by atoms with Crippen molar-refractivity contribution in [1.82, 2.24) is 4.90 Å². The Morgan fingerprint density at radius 2 is 2.00 bits per heavy atom. The molecule has 1 aromatic rings. The predicted octanol–water partition coefficient (Wildman–Crippen LogP) is 3.97. The lowest BCUT2D eigenvalue weighted by Gasteiger charge is -2.41. The Balaban J connectivity index is 2.37. The zero-order valence-electron chi connectivity index (χ0n) is 12.4. The number of piperidine rings is 1. The predicted molar refractivity (Wildman–Crippen MR) is 77.9 cm³/mol. The summed E-state index contributed by atoms with van der Waals surface area (Å²) in [5.41, 5.74) is 5.61. The summed E-state index contributed by atoms with van der Waals surface area (Å²) in [5.74, 6) is 0. The molecule has 0 spiro atoms. The summed E-state index contributed by atoms with van der Waals surface area (Å²) < 4.78 is 39.7. The van der Waals surface area contributed by atoms with Crippen LogP contribution in [0, 0.1) is 0 Å². The minimum absolute atomic E-state index is 0.212. The molecule has 1 aliphatic rings. The second-order valence-electron chi connectivity index (χ2n) is 5.63. The molecule has 1 aromatic carbocycles. The maximum Gasteiger partial charge on any atom is 0.416 e. The number of halogens is 3. The lowest BCUT2D eigenvalue weighted by Crippen LogP contribution is -2.44. The fraction of sp³-hybridized carbons (Fsp3) is 0.625. The first-order valence-corrected chi connectivity index (χ1v) is 7.61. The van der Waals surface area contributed by atoms with Crippen LogP contribution in [0.15, 0.2) is 24.3 Å². The van der Waals surface area contributed by atoms with Crippen molar-refractivity contribution in [3.63, 3.8) is 0 Å². The molecule has 0 saturated carbocycles. The van der Waals surface area contributed by atoms with Gasteiger partial charge in [0, 0.05) is 18.6 Å². The standard InChI is InChI=1S/C16H23F3N2/c1-2-12-7-5-6-10-21(12)15(11-20)13-8-3-4-9-14(13)16(17,18)19/h3-4,8-9,12,15H,2,5-7,10-11,20H2,1H3. The summed E-state index contributed by atoms with van der Waals surface area (Å²) in [6.45, 7) is 3.13. The lowest BCUT2D eigenvalue weighted by molar-refractivity contribution is -0.139. The van der Waals surface area contributed by atoms with Crippen LogP contribution in [0.25, 0.3) is 0 Å². The highest BCUT2D eigenvalue weighted by Crippen LogP contribution is 2.38. The maximum absolute atomic E-state index is 13.2. The van der Waals surface area contributed by atoms with E-state index in [1.54, 1.807) is 12.1 Å². The zero-order valence-corrected chi connectivity index (χ0v) is 12.4. The molecule has 0 bridgehead atoms. The summed E-state index contributed by atoms with van der Waals surface area (Å²) in [4.78, 5) is 2.17.